The van der Waals surface area contributed by atoms with Crippen LogP contribution in [-0.4, -0.2) is 0 Å². The fraction of sp³-hybridized carbons (Fsp3) is 0.104. The van der Waals surface area contributed by atoms with Gasteiger partial charge in [-0.05, 0) is 119 Å². The zero-order chi connectivity index (χ0) is 45.8. The van der Waals surface area contributed by atoms with E-state index in [-0.39, 0.29) is 10.8 Å². The van der Waals surface area contributed by atoms with Crippen LogP contribution in [-0.2, 0) is 16.2 Å². The predicted octanol–water partition coefficient (Wildman–Crippen LogP) is 17.5. The van der Waals surface area contributed by atoms with E-state index in [9.17, 15) is 0 Å². The quantitative estimate of drug-likeness (QED) is 0.154. The van der Waals surface area contributed by atoms with Crippen molar-refractivity contribution in [3.63, 3.8) is 0 Å². The Kier molecular flexibility index (Phi) is 8.89. The third-order valence-corrected chi connectivity index (χ3v) is 15.8. The number of nitrogens with zero attached hydrogens (tertiary/aromatic N) is 1. The van der Waals surface area contributed by atoms with Crippen molar-refractivity contribution in [3.8, 4) is 55.6 Å². The number of benzene rings is 10. The lowest BCUT2D eigenvalue weighted by molar-refractivity contribution is 0.660. The number of anilines is 3. The first-order chi connectivity index (χ1) is 33.3. The number of para-hydroxylation sites is 2. The van der Waals surface area contributed by atoms with Crippen LogP contribution in [0.4, 0.5) is 17.1 Å². The molecule has 0 bridgehead atoms. The minimum atomic E-state index is -0.550. The topological polar surface area (TPSA) is 3.24 Å². The first-order valence-electron chi connectivity index (χ1n) is 24.1. The molecule has 0 N–H and O–H groups in total. The van der Waals surface area contributed by atoms with E-state index < -0.39 is 5.41 Å². The summed E-state index contributed by atoms with van der Waals surface area (Å²) in [7, 11) is 0. The summed E-state index contributed by atoms with van der Waals surface area (Å²) < 4.78 is 0. The van der Waals surface area contributed by atoms with Crippen LogP contribution in [0.5, 0.6) is 0 Å². The molecule has 0 atom stereocenters. The molecule has 0 unspecified atom stereocenters. The minimum Gasteiger partial charge on any atom is -0.309 e. The van der Waals surface area contributed by atoms with Crippen LogP contribution < -0.4 is 4.90 Å². The first kappa shape index (κ1) is 40.3. The summed E-state index contributed by atoms with van der Waals surface area (Å²) in [6.07, 6.45) is 0. The molecule has 10 aromatic carbocycles. The van der Waals surface area contributed by atoms with Gasteiger partial charge in [0.15, 0.2) is 0 Å². The molecule has 0 saturated heterocycles. The van der Waals surface area contributed by atoms with Crippen molar-refractivity contribution < 1.29 is 0 Å². The summed E-state index contributed by atoms with van der Waals surface area (Å²) in [5.74, 6) is 0. The van der Waals surface area contributed by atoms with Gasteiger partial charge in [0, 0.05) is 27.6 Å². The van der Waals surface area contributed by atoms with Crippen molar-refractivity contribution in [1.29, 1.82) is 0 Å². The summed E-state index contributed by atoms with van der Waals surface area (Å²) in [5.41, 5.74) is 25.8. The summed E-state index contributed by atoms with van der Waals surface area (Å²) in [6.45, 7) is 9.55. The van der Waals surface area contributed by atoms with Gasteiger partial charge in [0.2, 0.25) is 0 Å². The fourth-order valence-corrected chi connectivity index (χ4v) is 12.7. The van der Waals surface area contributed by atoms with Crippen molar-refractivity contribution in [1.82, 2.24) is 0 Å². The standard InChI is InChI=1S/C67H51N/c1-65(2)57-33-16-11-27-49(57)52-40-38-44(42-60(52)65)48-26-14-19-36-62(48)68(63-37-20-15-30-54(63)56-32-21-31-55-51-29-12-17-34-58(51)66(3,4)64(55)56)47-39-41-53-50-28-13-18-35-59(50)67(61(53)43-47,45-22-7-5-8-23-45)46-24-9-6-10-25-46/h5-43H,1-4H3. The number of fused-ring (bicyclic) bond motifs is 9. The van der Waals surface area contributed by atoms with E-state index in [1.54, 1.807) is 0 Å². The van der Waals surface area contributed by atoms with Gasteiger partial charge in [-0.2, -0.15) is 0 Å². The molecular weight excluding hydrogens is 819 g/mol. The second-order valence-electron chi connectivity index (χ2n) is 20.0. The monoisotopic (exact) mass is 869 g/mol. The predicted molar refractivity (Wildman–Crippen MR) is 284 cm³/mol. The molecule has 0 radical (unpaired) electrons. The molecule has 3 aliphatic carbocycles. The molecular formula is C67H51N. The molecule has 0 heterocycles. The maximum absolute atomic E-state index is 2.57. The van der Waals surface area contributed by atoms with E-state index in [1.165, 1.54) is 100 Å². The molecule has 0 fully saturated rings. The normalized spacial score (nSPS) is 14.8. The van der Waals surface area contributed by atoms with Crippen LogP contribution in [0.3, 0.4) is 0 Å². The lowest BCUT2D eigenvalue weighted by Crippen LogP contribution is -2.28. The molecule has 68 heavy (non-hydrogen) atoms. The SMILES string of the molecule is CC1(C)c2ccccc2-c2ccc(-c3ccccc3N(c3ccc4c(c3)C(c3ccccc3)(c3ccccc3)c3ccccc3-4)c3ccccc3-c3cccc4c3C(C)(C)c3ccccc3-4)cc21. The Hall–Kier alpha value is -8.00. The molecule has 10 aromatic rings. The zero-order valence-electron chi connectivity index (χ0n) is 39.0. The third kappa shape index (κ3) is 5.63. The van der Waals surface area contributed by atoms with Crippen LogP contribution in [0, 0.1) is 0 Å². The molecule has 0 aromatic heterocycles. The highest BCUT2D eigenvalue weighted by Crippen LogP contribution is 2.59. The van der Waals surface area contributed by atoms with E-state index in [0.29, 0.717) is 0 Å². The van der Waals surface area contributed by atoms with Crippen molar-refractivity contribution in [3.05, 3.63) is 281 Å². The first-order valence-corrected chi connectivity index (χ1v) is 24.1. The lowest BCUT2D eigenvalue weighted by Gasteiger charge is -2.35. The summed E-state index contributed by atoms with van der Waals surface area (Å²) in [4.78, 5) is 2.57. The van der Waals surface area contributed by atoms with Gasteiger partial charge in [0.25, 0.3) is 0 Å². The number of rotatable bonds is 7. The molecule has 1 heteroatoms. The van der Waals surface area contributed by atoms with Crippen LogP contribution >= 0.6 is 0 Å². The highest BCUT2D eigenvalue weighted by molar-refractivity contribution is 5.99. The highest BCUT2D eigenvalue weighted by atomic mass is 15.1. The Bertz CT molecular complexity index is 3590. The van der Waals surface area contributed by atoms with Gasteiger partial charge in [-0.15, -0.1) is 0 Å². The Morgan fingerprint density at radius 2 is 0.706 bits per heavy atom. The molecule has 13 rings (SSSR count). The van der Waals surface area contributed by atoms with Gasteiger partial charge in [0.05, 0.1) is 16.8 Å². The Morgan fingerprint density at radius 3 is 1.35 bits per heavy atom. The van der Waals surface area contributed by atoms with Gasteiger partial charge in [-0.1, -0.05) is 234 Å². The Morgan fingerprint density at radius 1 is 0.279 bits per heavy atom. The van der Waals surface area contributed by atoms with E-state index in [4.69, 9.17) is 0 Å². The van der Waals surface area contributed by atoms with E-state index in [0.717, 1.165) is 17.1 Å². The van der Waals surface area contributed by atoms with Crippen molar-refractivity contribution >= 4 is 17.1 Å². The highest BCUT2D eigenvalue weighted by Gasteiger charge is 2.47. The van der Waals surface area contributed by atoms with E-state index >= 15 is 0 Å². The number of hydrogen-bond acceptors (Lipinski definition) is 1. The van der Waals surface area contributed by atoms with Crippen LogP contribution in [0.25, 0.3) is 55.6 Å². The Balaban J connectivity index is 1.09. The van der Waals surface area contributed by atoms with Gasteiger partial charge < -0.3 is 4.90 Å². The van der Waals surface area contributed by atoms with E-state index in [2.05, 4.69) is 269 Å². The van der Waals surface area contributed by atoms with Crippen molar-refractivity contribution in [2.75, 3.05) is 4.90 Å². The van der Waals surface area contributed by atoms with Crippen molar-refractivity contribution in [2.24, 2.45) is 0 Å². The van der Waals surface area contributed by atoms with Gasteiger partial charge >= 0.3 is 0 Å². The largest absolute Gasteiger partial charge is 0.309 e. The lowest BCUT2D eigenvalue weighted by atomic mass is 9.67. The van der Waals surface area contributed by atoms with Gasteiger partial charge in [-0.25, -0.2) is 0 Å². The van der Waals surface area contributed by atoms with Crippen LogP contribution in [0.1, 0.15) is 72.2 Å². The zero-order valence-corrected chi connectivity index (χ0v) is 39.0. The molecule has 0 aliphatic heterocycles. The van der Waals surface area contributed by atoms with Crippen LogP contribution in [0.15, 0.2) is 237 Å². The average molecular weight is 870 g/mol. The van der Waals surface area contributed by atoms with Crippen LogP contribution in [0.2, 0.25) is 0 Å². The Labute approximate surface area is 400 Å². The molecule has 0 amide bonds. The number of hydrogen-bond donors (Lipinski definition) is 0. The molecule has 1 nitrogen and oxygen atoms in total. The molecule has 0 spiro atoms. The second-order valence-corrected chi connectivity index (χ2v) is 20.0. The fourth-order valence-electron chi connectivity index (χ4n) is 12.7. The second kappa shape index (κ2) is 15.0. The molecule has 3 aliphatic rings. The van der Waals surface area contributed by atoms with Gasteiger partial charge in [0.1, 0.15) is 0 Å². The maximum atomic E-state index is 2.57. The molecule has 324 valence electrons. The van der Waals surface area contributed by atoms with Crippen molar-refractivity contribution in [2.45, 2.75) is 43.9 Å². The minimum absolute atomic E-state index is 0.131. The third-order valence-electron chi connectivity index (χ3n) is 15.8. The average Bonchev–Trinajstić information content (AvgIpc) is 3.92. The summed E-state index contributed by atoms with van der Waals surface area (Å²) in [6, 6.07) is 88.9. The smallest absolute Gasteiger partial charge is 0.0714 e. The summed E-state index contributed by atoms with van der Waals surface area (Å²) >= 11 is 0. The molecule has 0 saturated carbocycles. The maximum Gasteiger partial charge on any atom is 0.0714 e. The van der Waals surface area contributed by atoms with Gasteiger partial charge in [-0.3, -0.25) is 0 Å². The summed E-state index contributed by atoms with van der Waals surface area (Å²) in [5, 5.41) is 0. The van der Waals surface area contributed by atoms with E-state index in [1.807, 2.05) is 0 Å².